The molecule has 7 nitrogen and oxygen atoms in total. The van der Waals surface area contributed by atoms with E-state index in [-0.39, 0.29) is 33.5 Å². The van der Waals surface area contributed by atoms with Gasteiger partial charge in [-0.25, -0.2) is 4.39 Å². The van der Waals surface area contributed by atoms with Crippen molar-refractivity contribution in [2.75, 3.05) is 30.8 Å². The standard InChI is InChI=1S/C22H30FN5O2S/c1-13-6-7-22(18(13)24)8-10-28(11-9-22)21-26-19(25)17(20(29)27(21)2)31-14-4-5-16(30-3)15(23)12-14/h4-5,12-13,18H,6-11,24-25H2,1-3H3/t13-,18-/m1/s1. The number of nitrogens with two attached hydrogens (primary N) is 2. The monoisotopic (exact) mass is 447 g/mol. The first-order chi connectivity index (χ1) is 14.8. The van der Waals surface area contributed by atoms with Crippen molar-refractivity contribution in [3.8, 4) is 5.75 Å². The van der Waals surface area contributed by atoms with Crippen LogP contribution in [0.25, 0.3) is 0 Å². The number of hydrogen-bond donors (Lipinski definition) is 2. The first-order valence-electron chi connectivity index (χ1n) is 10.6. The highest BCUT2D eigenvalue weighted by molar-refractivity contribution is 7.99. The van der Waals surface area contributed by atoms with Gasteiger partial charge in [-0.2, -0.15) is 4.98 Å². The average Bonchev–Trinajstić information content (AvgIpc) is 3.03. The highest BCUT2D eigenvalue weighted by Gasteiger charge is 2.46. The van der Waals surface area contributed by atoms with Crippen LogP contribution in [-0.2, 0) is 7.05 Å². The fourth-order valence-corrected chi connectivity index (χ4v) is 5.90. The van der Waals surface area contributed by atoms with E-state index in [1.54, 1.807) is 13.1 Å². The molecule has 1 aliphatic carbocycles. The Kier molecular flexibility index (Phi) is 5.91. The number of hydrogen-bond acceptors (Lipinski definition) is 7. The molecule has 0 unspecified atom stereocenters. The molecule has 0 amide bonds. The lowest BCUT2D eigenvalue weighted by molar-refractivity contribution is 0.185. The summed E-state index contributed by atoms with van der Waals surface area (Å²) >= 11 is 1.11. The van der Waals surface area contributed by atoms with Crippen LogP contribution in [0.5, 0.6) is 5.75 Å². The smallest absolute Gasteiger partial charge is 0.270 e. The van der Waals surface area contributed by atoms with E-state index in [1.165, 1.54) is 36.7 Å². The summed E-state index contributed by atoms with van der Waals surface area (Å²) in [6, 6.07) is 4.78. The van der Waals surface area contributed by atoms with E-state index in [0.717, 1.165) is 37.7 Å². The number of nitrogen functional groups attached to an aromatic ring is 1. The molecule has 4 N–H and O–H groups in total. The molecule has 1 aromatic heterocycles. The summed E-state index contributed by atoms with van der Waals surface area (Å²) in [5, 5.41) is 0. The van der Waals surface area contributed by atoms with Crippen LogP contribution in [-0.4, -0.2) is 35.8 Å². The van der Waals surface area contributed by atoms with Crippen LogP contribution < -0.4 is 26.7 Å². The third-order valence-electron chi connectivity index (χ3n) is 7.05. The molecule has 31 heavy (non-hydrogen) atoms. The maximum absolute atomic E-state index is 14.0. The first-order valence-corrected chi connectivity index (χ1v) is 11.5. The topological polar surface area (TPSA) is 99.4 Å². The quantitative estimate of drug-likeness (QED) is 0.743. The lowest BCUT2D eigenvalue weighted by Crippen LogP contribution is -2.49. The molecule has 2 fully saturated rings. The van der Waals surface area contributed by atoms with Crippen molar-refractivity contribution >= 4 is 23.5 Å². The summed E-state index contributed by atoms with van der Waals surface area (Å²) in [5.74, 6) is 0.948. The highest BCUT2D eigenvalue weighted by atomic mass is 32.2. The largest absolute Gasteiger partial charge is 0.494 e. The van der Waals surface area contributed by atoms with Gasteiger partial charge >= 0.3 is 0 Å². The maximum Gasteiger partial charge on any atom is 0.270 e. The molecule has 1 aromatic carbocycles. The number of rotatable bonds is 4. The van der Waals surface area contributed by atoms with Gasteiger partial charge in [0.25, 0.3) is 5.56 Å². The van der Waals surface area contributed by atoms with Gasteiger partial charge in [-0.3, -0.25) is 9.36 Å². The van der Waals surface area contributed by atoms with Gasteiger partial charge in [0.05, 0.1) is 7.11 Å². The fraction of sp³-hybridized carbons (Fsp3) is 0.545. The first kappa shape index (κ1) is 22.0. The van der Waals surface area contributed by atoms with Crippen molar-refractivity contribution in [2.24, 2.45) is 24.1 Å². The molecule has 9 heteroatoms. The summed E-state index contributed by atoms with van der Waals surface area (Å²) in [4.78, 5) is 20.6. The van der Waals surface area contributed by atoms with E-state index in [0.29, 0.717) is 16.8 Å². The van der Waals surface area contributed by atoms with Crippen molar-refractivity contribution in [1.29, 1.82) is 0 Å². The van der Waals surface area contributed by atoms with Gasteiger partial charge in [0, 0.05) is 31.1 Å². The molecule has 4 rings (SSSR count). The third kappa shape index (κ3) is 3.89. The summed E-state index contributed by atoms with van der Waals surface area (Å²) in [6.07, 6.45) is 4.35. The minimum atomic E-state index is -0.492. The third-order valence-corrected chi connectivity index (χ3v) is 8.13. The number of piperidine rings is 1. The molecule has 1 spiro atoms. The van der Waals surface area contributed by atoms with Gasteiger partial charge in [-0.05, 0) is 55.2 Å². The lowest BCUT2D eigenvalue weighted by Gasteiger charge is -2.43. The summed E-state index contributed by atoms with van der Waals surface area (Å²) < 4.78 is 20.5. The second-order valence-electron chi connectivity index (χ2n) is 8.78. The minimum Gasteiger partial charge on any atom is -0.494 e. The Bertz CT molecular complexity index is 1040. The van der Waals surface area contributed by atoms with E-state index in [4.69, 9.17) is 16.2 Å². The van der Waals surface area contributed by atoms with E-state index in [2.05, 4.69) is 16.8 Å². The Morgan fingerprint density at radius 2 is 2.00 bits per heavy atom. The van der Waals surface area contributed by atoms with Gasteiger partial charge in [-0.1, -0.05) is 18.7 Å². The van der Waals surface area contributed by atoms with E-state index in [9.17, 15) is 9.18 Å². The number of aromatic nitrogens is 2. The van der Waals surface area contributed by atoms with Crippen molar-refractivity contribution in [3.63, 3.8) is 0 Å². The van der Waals surface area contributed by atoms with Crippen LogP contribution >= 0.6 is 11.8 Å². The predicted octanol–water partition coefficient (Wildman–Crippen LogP) is 3.01. The molecule has 1 aliphatic heterocycles. The minimum absolute atomic E-state index is 0.151. The van der Waals surface area contributed by atoms with E-state index >= 15 is 0 Å². The Morgan fingerprint density at radius 1 is 1.29 bits per heavy atom. The molecule has 2 atom stereocenters. The number of halogens is 1. The molecular formula is C22H30FN5O2S. The number of benzene rings is 1. The van der Waals surface area contributed by atoms with Crippen molar-refractivity contribution < 1.29 is 9.13 Å². The van der Waals surface area contributed by atoms with Crippen molar-refractivity contribution in [3.05, 3.63) is 34.4 Å². The molecule has 2 aliphatic rings. The van der Waals surface area contributed by atoms with Crippen LogP contribution in [0.15, 0.2) is 32.8 Å². The zero-order chi connectivity index (χ0) is 22.3. The van der Waals surface area contributed by atoms with Gasteiger partial charge in [0.1, 0.15) is 10.7 Å². The predicted molar refractivity (Wildman–Crippen MR) is 121 cm³/mol. The van der Waals surface area contributed by atoms with Crippen molar-refractivity contribution in [1.82, 2.24) is 9.55 Å². The van der Waals surface area contributed by atoms with Crippen LogP contribution in [0.4, 0.5) is 16.2 Å². The Hall–Kier alpha value is -2.26. The second kappa shape index (κ2) is 8.35. The molecule has 1 saturated heterocycles. The van der Waals surface area contributed by atoms with Gasteiger partial charge in [0.15, 0.2) is 11.6 Å². The molecule has 2 heterocycles. The molecular weight excluding hydrogens is 417 g/mol. The summed E-state index contributed by atoms with van der Waals surface area (Å²) in [6.45, 7) is 3.84. The van der Waals surface area contributed by atoms with E-state index in [1.807, 2.05) is 0 Å². The lowest BCUT2D eigenvalue weighted by atomic mass is 9.73. The molecule has 0 bridgehead atoms. The van der Waals surface area contributed by atoms with Crippen LogP contribution in [0.1, 0.15) is 32.6 Å². The van der Waals surface area contributed by atoms with Crippen LogP contribution in [0, 0.1) is 17.2 Å². The average molecular weight is 448 g/mol. The normalized spacial score (nSPS) is 22.8. The second-order valence-corrected chi connectivity index (χ2v) is 9.86. The molecule has 1 saturated carbocycles. The van der Waals surface area contributed by atoms with E-state index < -0.39 is 5.82 Å². The number of anilines is 2. The number of methoxy groups -OCH3 is 1. The number of ether oxygens (including phenoxy) is 1. The Morgan fingerprint density at radius 3 is 2.58 bits per heavy atom. The maximum atomic E-state index is 14.0. The van der Waals surface area contributed by atoms with Gasteiger partial charge in [0.2, 0.25) is 5.95 Å². The SMILES string of the molecule is COc1ccc(Sc2c(N)nc(N3CCC4(CC[C@@H](C)[C@H]4N)CC3)n(C)c2=O)cc1F. The fourth-order valence-electron chi connectivity index (χ4n) is 4.99. The molecule has 168 valence electrons. The van der Waals surface area contributed by atoms with Gasteiger partial charge in [-0.15, -0.1) is 0 Å². The number of nitrogens with zero attached hydrogens (tertiary/aromatic N) is 3. The molecule has 0 radical (unpaired) electrons. The molecule has 2 aromatic rings. The summed E-state index contributed by atoms with van der Waals surface area (Å²) in [7, 11) is 3.11. The van der Waals surface area contributed by atoms with Crippen LogP contribution in [0.2, 0.25) is 0 Å². The Labute approximate surface area is 186 Å². The van der Waals surface area contributed by atoms with Gasteiger partial charge < -0.3 is 21.1 Å². The highest BCUT2D eigenvalue weighted by Crippen LogP contribution is 2.48. The summed E-state index contributed by atoms with van der Waals surface area (Å²) in [5.41, 5.74) is 12.7. The zero-order valence-electron chi connectivity index (χ0n) is 18.2. The Balaban J connectivity index is 1.55. The van der Waals surface area contributed by atoms with Crippen molar-refractivity contribution in [2.45, 2.75) is 48.4 Å². The zero-order valence-corrected chi connectivity index (χ0v) is 19.0. The van der Waals surface area contributed by atoms with Crippen LogP contribution in [0.3, 0.4) is 0 Å².